The molecular weight excluding hydrogens is 385 g/mol. The van der Waals surface area contributed by atoms with Gasteiger partial charge in [0.25, 0.3) is 0 Å². The number of aryl methyl sites for hydroxylation is 1. The Balaban J connectivity index is 2.49. The van der Waals surface area contributed by atoms with Gasteiger partial charge < -0.3 is 0 Å². The predicted octanol–water partition coefficient (Wildman–Crippen LogP) is 5.66. The van der Waals surface area contributed by atoms with Crippen LogP contribution < -0.4 is 0 Å². The zero-order valence-corrected chi connectivity index (χ0v) is 13.0. The second kappa shape index (κ2) is 5.67. The van der Waals surface area contributed by atoms with E-state index in [1.165, 1.54) is 24.3 Å². The highest BCUT2D eigenvalue weighted by molar-refractivity contribution is 9.10. The molecule has 5 heteroatoms. The number of benzene rings is 2. The summed E-state index contributed by atoms with van der Waals surface area (Å²) in [5.41, 5.74) is 0.938. The van der Waals surface area contributed by atoms with Crippen molar-refractivity contribution in [1.82, 2.24) is 0 Å². The van der Waals surface area contributed by atoms with Gasteiger partial charge in [0.1, 0.15) is 17.5 Å². The smallest absolute Gasteiger partial charge is 0.131 e. The molecule has 0 spiro atoms. The fourth-order valence-electron chi connectivity index (χ4n) is 1.79. The number of halogens is 5. The number of rotatable bonds is 2. The first kappa shape index (κ1) is 14.6. The first-order chi connectivity index (χ1) is 8.90. The summed E-state index contributed by atoms with van der Waals surface area (Å²) in [6.07, 6.45) is 0. The second-order valence-corrected chi connectivity index (χ2v) is 5.99. The molecule has 0 aliphatic carbocycles. The second-order valence-electron chi connectivity index (χ2n) is 4.15. The van der Waals surface area contributed by atoms with Crippen LogP contribution in [0.5, 0.6) is 0 Å². The summed E-state index contributed by atoms with van der Waals surface area (Å²) >= 11 is 6.29. The molecule has 0 bridgehead atoms. The van der Waals surface area contributed by atoms with E-state index in [0.717, 1.165) is 0 Å². The molecule has 0 saturated heterocycles. The van der Waals surface area contributed by atoms with Crippen LogP contribution in [0.25, 0.3) is 0 Å². The summed E-state index contributed by atoms with van der Waals surface area (Å²) in [5, 5.41) is 0. The predicted molar refractivity (Wildman–Crippen MR) is 76.0 cm³/mol. The lowest BCUT2D eigenvalue weighted by Gasteiger charge is -2.14. The molecule has 0 radical (unpaired) electrons. The molecule has 0 nitrogen and oxygen atoms in total. The molecule has 0 N–H and O–H groups in total. The highest BCUT2D eigenvalue weighted by Crippen LogP contribution is 2.36. The lowest BCUT2D eigenvalue weighted by molar-refractivity contribution is 0.559. The standard InChI is InChI=1S/C14H9Br2F3/c1-7-4-8(2-3-10(7)17)14(16)13-11(18)5-9(15)6-12(13)19/h2-6,14H,1H3. The molecule has 1 unspecified atom stereocenters. The number of hydrogen-bond donors (Lipinski definition) is 0. The van der Waals surface area contributed by atoms with Gasteiger partial charge in [-0.15, -0.1) is 0 Å². The summed E-state index contributed by atoms with van der Waals surface area (Å²) in [5.74, 6) is -1.66. The van der Waals surface area contributed by atoms with E-state index in [1.54, 1.807) is 13.0 Å². The molecule has 0 amide bonds. The van der Waals surface area contributed by atoms with Crippen molar-refractivity contribution in [2.24, 2.45) is 0 Å². The Bertz CT molecular complexity index is 603. The lowest BCUT2D eigenvalue weighted by Crippen LogP contribution is -2.01. The van der Waals surface area contributed by atoms with E-state index in [0.29, 0.717) is 15.6 Å². The minimum atomic E-state index is -0.667. The highest BCUT2D eigenvalue weighted by Gasteiger charge is 2.20. The van der Waals surface area contributed by atoms with E-state index in [-0.39, 0.29) is 11.4 Å². The summed E-state index contributed by atoms with van der Waals surface area (Å²) in [6, 6.07) is 6.75. The van der Waals surface area contributed by atoms with Crippen LogP contribution in [0.1, 0.15) is 21.5 Å². The molecule has 2 aromatic carbocycles. The minimum absolute atomic E-state index is 0.0887. The van der Waals surface area contributed by atoms with Crippen molar-refractivity contribution in [3.05, 3.63) is 68.9 Å². The lowest BCUT2D eigenvalue weighted by atomic mass is 10.0. The van der Waals surface area contributed by atoms with Crippen LogP contribution in [-0.4, -0.2) is 0 Å². The summed E-state index contributed by atoms with van der Waals surface area (Å²) < 4.78 is 41.2. The molecule has 0 aliphatic rings. The van der Waals surface area contributed by atoms with Crippen LogP contribution >= 0.6 is 31.9 Å². The van der Waals surface area contributed by atoms with Gasteiger partial charge in [0.2, 0.25) is 0 Å². The molecule has 100 valence electrons. The molecule has 1 atom stereocenters. The first-order valence-electron chi connectivity index (χ1n) is 5.44. The van der Waals surface area contributed by atoms with E-state index >= 15 is 0 Å². The van der Waals surface area contributed by atoms with Crippen LogP contribution in [0, 0.1) is 24.4 Å². The van der Waals surface area contributed by atoms with E-state index in [2.05, 4.69) is 31.9 Å². The Kier molecular flexibility index (Phi) is 4.36. The van der Waals surface area contributed by atoms with E-state index in [4.69, 9.17) is 0 Å². The average Bonchev–Trinajstić information content (AvgIpc) is 2.31. The summed E-state index contributed by atoms with van der Waals surface area (Å²) in [7, 11) is 0. The maximum absolute atomic E-state index is 13.9. The molecule has 0 fully saturated rings. The normalized spacial score (nSPS) is 12.5. The SMILES string of the molecule is Cc1cc(C(Br)c2c(F)cc(Br)cc2F)ccc1F. The van der Waals surface area contributed by atoms with Gasteiger partial charge in [-0.25, -0.2) is 13.2 Å². The van der Waals surface area contributed by atoms with Gasteiger partial charge in [-0.05, 0) is 36.2 Å². The zero-order valence-electron chi connectivity index (χ0n) is 9.85. The average molecular weight is 394 g/mol. The topological polar surface area (TPSA) is 0 Å². The van der Waals surface area contributed by atoms with Crippen molar-refractivity contribution < 1.29 is 13.2 Å². The van der Waals surface area contributed by atoms with Crippen LogP contribution in [0.2, 0.25) is 0 Å². The minimum Gasteiger partial charge on any atom is -0.207 e. The van der Waals surface area contributed by atoms with Crippen molar-refractivity contribution in [1.29, 1.82) is 0 Å². The third-order valence-corrected chi connectivity index (χ3v) is 4.22. The Morgan fingerprint density at radius 2 is 1.53 bits per heavy atom. The van der Waals surface area contributed by atoms with Crippen LogP contribution in [-0.2, 0) is 0 Å². The number of hydrogen-bond acceptors (Lipinski definition) is 0. The molecule has 2 rings (SSSR count). The van der Waals surface area contributed by atoms with Gasteiger partial charge in [0.05, 0.1) is 4.83 Å². The number of alkyl halides is 1. The van der Waals surface area contributed by atoms with Gasteiger partial charge in [-0.3, -0.25) is 0 Å². The van der Waals surface area contributed by atoms with Crippen molar-refractivity contribution >= 4 is 31.9 Å². The third-order valence-electron chi connectivity index (χ3n) is 2.77. The zero-order chi connectivity index (χ0) is 14.2. The van der Waals surface area contributed by atoms with Crippen molar-refractivity contribution in [2.45, 2.75) is 11.8 Å². The monoisotopic (exact) mass is 392 g/mol. The molecule has 2 aromatic rings. The molecular formula is C14H9Br2F3. The first-order valence-corrected chi connectivity index (χ1v) is 7.15. The quantitative estimate of drug-likeness (QED) is 0.577. The van der Waals surface area contributed by atoms with Crippen molar-refractivity contribution in [3.63, 3.8) is 0 Å². The van der Waals surface area contributed by atoms with E-state index in [9.17, 15) is 13.2 Å². The molecule has 0 aromatic heterocycles. The van der Waals surface area contributed by atoms with Crippen molar-refractivity contribution in [2.75, 3.05) is 0 Å². The van der Waals surface area contributed by atoms with Crippen molar-refractivity contribution in [3.8, 4) is 0 Å². The Morgan fingerprint density at radius 1 is 0.947 bits per heavy atom. The summed E-state index contributed by atoms with van der Waals surface area (Å²) in [6.45, 7) is 1.60. The van der Waals surface area contributed by atoms with Gasteiger partial charge in [-0.1, -0.05) is 44.0 Å². The van der Waals surface area contributed by atoms with Crippen LogP contribution in [0.15, 0.2) is 34.8 Å². The maximum atomic E-state index is 13.9. The van der Waals surface area contributed by atoms with Crippen LogP contribution in [0.3, 0.4) is 0 Å². The van der Waals surface area contributed by atoms with Gasteiger partial charge in [0, 0.05) is 10.0 Å². The fraction of sp³-hybridized carbons (Fsp3) is 0.143. The van der Waals surface area contributed by atoms with E-state index in [1.807, 2.05) is 0 Å². The van der Waals surface area contributed by atoms with Gasteiger partial charge in [0.15, 0.2) is 0 Å². The third kappa shape index (κ3) is 3.03. The maximum Gasteiger partial charge on any atom is 0.131 e. The van der Waals surface area contributed by atoms with Crippen LogP contribution in [0.4, 0.5) is 13.2 Å². The fourth-order valence-corrected chi connectivity index (χ4v) is 2.91. The van der Waals surface area contributed by atoms with E-state index < -0.39 is 16.5 Å². The van der Waals surface area contributed by atoms with Gasteiger partial charge >= 0.3 is 0 Å². The molecule has 0 saturated carbocycles. The summed E-state index contributed by atoms with van der Waals surface area (Å²) in [4.78, 5) is -0.667. The molecule has 0 heterocycles. The van der Waals surface area contributed by atoms with Gasteiger partial charge in [-0.2, -0.15) is 0 Å². The Labute approximate surface area is 125 Å². The Morgan fingerprint density at radius 3 is 2.05 bits per heavy atom. The molecule has 19 heavy (non-hydrogen) atoms. The molecule has 0 aliphatic heterocycles. The Hall–Kier alpha value is -0.810. The largest absolute Gasteiger partial charge is 0.207 e. The highest BCUT2D eigenvalue weighted by atomic mass is 79.9.